The van der Waals surface area contributed by atoms with E-state index in [0.29, 0.717) is 0 Å². The fourth-order valence-corrected chi connectivity index (χ4v) is 1.06. The fraction of sp³-hybridized carbons (Fsp3) is 0.667. The molecule has 3 nitrogen and oxygen atoms in total. The zero-order chi connectivity index (χ0) is 10.3. The standard InChI is InChI=1S/C9H16O3Si/c1-5-6-7-11-9(10)8-12-13(2,3)4/h7-8H2,1-4H3. The molecule has 0 N–H and O–H groups in total. The fourth-order valence-electron chi connectivity index (χ4n) is 0.506. The molecular formula is C9H16O3Si. The summed E-state index contributed by atoms with van der Waals surface area (Å²) in [6, 6.07) is 0. The van der Waals surface area contributed by atoms with Crippen molar-refractivity contribution < 1.29 is 14.0 Å². The topological polar surface area (TPSA) is 35.5 Å². The van der Waals surface area contributed by atoms with Crippen LogP contribution in [0.5, 0.6) is 0 Å². The van der Waals surface area contributed by atoms with E-state index in [4.69, 9.17) is 9.16 Å². The highest BCUT2D eigenvalue weighted by Crippen LogP contribution is 2.01. The van der Waals surface area contributed by atoms with E-state index in [-0.39, 0.29) is 19.2 Å². The average molecular weight is 200 g/mol. The number of ether oxygens (including phenoxy) is 1. The molecule has 0 spiro atoms. The maximum atomic E-state index is 11.0. The molecule has 13 heavy (non-hydrogen) atoms. The van der Waals surface area contributed by atoms with Gasteiger partial charge in [-0.2, -0.15) is 0 Å². The molecule has 0 rings (SSSR count). The monoisotopic (exact) mass is 200 g/mol. The summed E-state index contributed by atoms with van der Waals surface area (Å²) in [5.74, 6) is 4.93. The molecule has 0 aromatic rings. The second kappa shape index (κ2) is 5.78. The van der Waals surface area contributed by atoms with Gasteiger partial charge in [0.2, 0.25) is 0 Å². The number of rotatable bonds is 4. The lowest BCUT2D eigenvalue weighted by atomic mass is 10.6. The van der Waals surface area contributed by atoms with Crippen LogP contribution in [0.15, 0.2) is 0 Å². The molecule has 0 aliphatic heterocycles. The Morgan fingerprint density at radius 2 is 2.00 bits per heavy atom. The van der Waals surface area contributed by atoms with E-state index in [0.717, 1.165) is 0 Å². The third-order valence-electron chi connectivity index (χ3n) is 1.11. The van der Waals surface area contributed by atoms with Gasteiger partial charge in [-0.15, -0.1) is 5.92 Å². The van der Waals surface area contributed by atoms with Crippen LogP contribution in [-0.4, -0.2) is 27.5 Å². The van der Waals surface area contributed by atoms with Crippen LogP contribution in [0.1, 0.15) is 6.92 Å². The largest absolute Gasteiger partial charge is 0.451 e. The normalized spacial score (nSPS) is 10.2. The smallest absolute Gasteiger partial charge is 0.331 e. The summed E-state index contributed by atoms with van der Waals surface area (Å²) in [6.07, 6.45) is 0. The Morgan fingerprint density at radius 1 is 1.38 bits per heavy atom. The molecule has 0 amide bonds. The van der Waals surface area contributed by atoms with E-state index in [1.54, 1.807) is 6.92 Å². The summed E-state index contributed by atoms with van der Waals surface area (Å²) in [6.45, 7) is 7.96. The Morgan fingerprint density at radius 3 is 2.46 bits per heavy atom. The Balaban J connectivity index is 3.56. The summed E-state index contributed by atoms with van der Waals surface area (Å²) in [5, 5.41) is 0. The van der Waals surface area contributed by atoms with E-state index >= 15 is 0 Å². The Labute approximate surface area is 80.6 Å². The van der Waals surface area contributed by atoms with Gasteiger partial charge in [-0.25, -0.2) is 4.79 Å². The van der Waals surface area contributed by atoms with Crippen LogP contribution in [0, 0.1) is 11.8 Å². The molecule has 0 atom stereocenters. The third kappa shape index (κ3) is 9.12. The lowest BCUT2D eigenvalue weighted by Crippen LogP contribution is -2.29. The molecule has 0 aromatic carbocycles. The zero-order valence-corrected chi connectivity index (χ0v) is 9.64. The number of hydrogen-bond donors (Lipinski definition) is 0. The molecule has 0 radical (unpaired) electrons. The molecule has 0 saturated heterocycles. The quantitative estimate of drug-likeness (QED) is 0.391. The van der Waals surface area contributed by atoms with Gasteiger partial charge >= 0.3 is 5.97 Å². The van der Waals surface area contributed by atoms with E-state index in [1.807, 2.05) is 19.6 Å². The molecule has 0 aliphatic rings. The van der Waals surface area contributed by atoms with Gasteiger partial charge in [0, 0.05) is 0 Å². The minimum absolute atomic E-state index is 0.0428. The lowest BCUT2D eigenvalue weighted by Gasteiger charge is -2.15. The van der Waals surface area contributed by atoms with Crippen molar-refractivity contribution in [3.05, 3.63) is 0 Å². The van der Waals surface area contributed by atoms with Crippen LogP contribution in [-0.2, 0) is 14.0 Å². The first-order valence-corrected chi connectivity index (χ1v) is 7.56. The van der Waals surface area contributed by atoms with E-state index in [9.17, 15) is 4.79 Å². The molecule has 0 heterocycles. The molecule has 74 valence electrons. The number of carbonyl (C=O) groups excluding carboxylic acids is 1. The maximum absolute atomic E-state index is 11.0. The lowest BCUT2D eigenvalue weighted by molar-refractivity contribution is -0.144. The summed E-state index contributed by atoms with van der Waals surface area (Å²) in [7, 11) is -1.60. The van der Waals surface area contributed by atoms with Crippen LogP contribution in [0.4, 0.5) is 0 Å². The summed E-state index contributed by atoms with van der Waals surface area (Å²) < 4.78 is 10.1. The minimum atomic E-state index is -1.60. The number of carbonyl (C=O) groups is 1. The van der Waals surface area contributed by atoms with Gasteiger partial charge in [0.05, 0.1) is 0 Å². The van der Waals surface area contributed by atoms with Crippen molar-refractivity contribution in [1.82, 2.24) is 0 Å². The average Bonchev–Trinajstić information content (AvgIpc) is 2.00. The van der Waals surface area contributed by atoms with Gasteiger partial charge in [-0.3, -0.25) is 0 Å². The van der Waals surface area contributed by atoms with Gasteiger partial charge in [0.25, 0.3) is 0 Å². The molecule has 0 fully saturated rings. The van der Waals surface area contributed by atoms with Gasteiger partial charge in [-0.05, 0) is 26.6 Å². The highest BCUT2D eigenvalue weighted by atomic mass is 28.4. The first-order valence-electron chi connectivity index (χ1n) is 4.15. The van der Waals surface area contributed by atoms with Crippen molar-refractivity contribution in [2.75, 3.05) is 13.2 Å². The van der Waals surface area contributed by atoms with Crippen molar-refractivity contribution in [1.29, 1.82) is 0 Å². The van der Waals surface area contributed by atoms with Crippen LogP contribution >= 0.6 is 0 Å². The van der Waals surface area contributed by atoms with Crippen molar-refractivity contribution in [2.24, 2.45) is 0 Å². The molecule has 0 aromatic heterocycles. The van der Waals surface area contributed by atoms with E-state index < -0.39 is 8.32 Å². The second-order valence-electron chi connectivity index (χ2n) is 3.49. The third-order valence-corrected chi connectivity index (χ3v) is 2.12. The molecule has 0 bridgehead atoms. The van der Waals surface area contributed by atoms with Crippen LogP contribution < -0.4 is 0 Å². The second-order valence-corrected chi connectivity index (χ2v) is 8.00. The van der Waals surface area contributed by atoms with Crippen molar-refractivity contribution in [2.45, 2.75) is 26.6 Å². The minimum Gasteiger partial charge on any atom is -0.451 e. The van der Waals surface area contributed by atoms with Crippen molar-refractivity contribution >= 4 is 14.3 Å². The van der Waals surface area contributed by atoms with Gasteiger partial charge in [-0.1, -0.05) is 5.92 Å². The van der Waals surface area contributed by atoms with Crippen LogP contribution in [0.2, 0.25) is 19.6 Å². The Bertz CT molecular complexity index is 219. The predicted molar refractivity (Wildman–Crippen MR) is 53.7 cm³/mol. The van der Waals surface area contributed by atoms with E-state index in [2.05, 4.69) is 11.8 Å². The molecule has 0 aliphatic carbocycles. The Hall–Kier alpha value is -0.793. The molecular weight excluding hydrogens is 184 g/mol. The van der Waals surface area contributed by atoms with Gasteiger partial charge in [0.15, 0.2) is 14.9 Å². The summed E-state index contributed by atoms with van der Waals surface area (Å²) >= 11 is 0. The molecule has 0 saturated carbocycles. The summed E-state index contributed by atoms with van der Waals surface area (Å²) in [5.41, 5.74) is 0. The SMILES string of the molecule is CC#CCOC(=O)CO[Si](C)(C)C. The molecule has 0 unspecified atom stereocenters. The summed E-state index contributed by atoms with van der Waals surface area (Å²) in [4.78, 5) is 11.0. The van der Waals surface area contributed by atoms with Crippen LogP contribution in [0.25, 0.3) is 0 Å². The van der Waals surface area contributed by atoms with E-state index in [1.165, 1.54) is 0 Å². The van der Waals surface area contributed by atoms with Crippen molar-refractivity contribution in [3.63, 3.8) is 0 Å². The zero-order valence-electron chi connectivity index (χ0n) is 8.64. The highest BCUT2D eigenvalue weighted by molar-refractivity contribution is 6.69. The van der Waals surface area contributed by atoms with Crippen molar-refractivity contribution in [3.8, 4) is 11.8 Å². The van der Waals surface area contributed by atoms with Crippen LogP contribution in [0.3, 0.4) is 0 Å². The predicted octanol–water partition coefficient (Wildman–Crippen LogP) is 1.40. The first kappa shape index (κ1) is 12.2. The molecule has 4 heteroatoms. The number of hydrogen-bond acceptors (Lipinski definition) is 3. The maximum Gasteiger partial charge on any atom is 0.331 e. The number of esters is 1. The Kier molecular flexibility index (Phi) is 5.43. The first-order chi connectivity index (χ1) is 5.95. The van der Waals surface area contributed by atoms with Gasteiger partial charge in [0.1, 0.15) is 6.61 Å². The highest BCUT2D eigenvalue weighted by Gasteiger charge is 2.16. The van der Waals surface area contributed by atoms with Gasteiger partial charge < -0.3 is 9.16 Å².